The number of carbonyl (C=O) groups is 4. The molecular weight excluding hydrogens is 628 g/mol. The van der Waals surface area contributed by atoms with Gasteiger partial charge in [0.1, 0.15) is 40.8 Å². The van der Waals surface area contributed by atoms with E-state index in [1.807, 2.05) is 51.1 Å². The first-order valence-electron chi connectivity index (χ1n) is 17.3. The van der Waals surface area contributed by atoms with Gasteiger partial charge in [0.15, 0.2) is 0 Å². The maximum atomic E-state index is 14.4. The number of allylic oxidation sites excluding steroid dienone is 1. The van der Waals surface area contributed by atoms with Crippen LogP contribution in [0.4, 0.5) is 4.79 Å². The zero-order valence-corrected chi connectivity index (χ0v) is 29.6. The van der Waals surface area contributed by atoms with E-state index in [1.54, 1.807) is 27.9 Å². The average Bonchev–Trinajstić information content (AvgIpc) is 3.56. The molecule has 5 rings (SSSR count). The summed E-state index contributed by atoms with van der Waals surface area (Å²) in [5.74, 6) is -1.09. The molecule has 3 amide bonds. The predicted molar refractivity (Wildman–Crippen MR) is 184 cm³/mol. The molecule has 1 aromatic heterocycles. The number of fused-ring (bicyclic) bond motifs is 3. The second-order valence-electron chi connectivity index (χ2n) is 14.8. The number of carbonyl (C=O) groups excluding carboxylic acids is 3. The van der Waals surface area contributed by atoms with Crippen molar-refractivity contribution in [3.63, 3.8) is 0 Å². The SMILES string of the molecule is COc1ccc2c(O[C@@H]3C[C@H]4C(=O)N[C@]5(C(=O)O)CC5/C=C\CCCCC[C@H](NC(=O)OC(C)(C)C)C(=O)N4C3)cc(C(C)C)nc2c1C. The van der Waals surface area contributed by atoms with Gasteiger partial charge in [-0.25, -0.2) is 9.59 Å². The summed E-state index contributed by atoms with van der Waals surface area (Å²) >= 11 is 0. The fraction of sp³-hybridized carbons (Fsp3) is 0.595. The number of rotatable bonds is 6. The van der Waals surface area contributed by atoms with E-state index in [1.165, 1.54) is 4.90 Å². The van der Waals surface area contributed by atoms with Crippen LogP contribution in [0.1, 0.15) is 96.7 Å². The Morgan fingerprint density at radius 2 is 1.90 bits per heavy atom. The first-order valence-corrected chi connectivity index (χ1v) is 17.3. The summed E-state index contributed by atoms with van der Waals surface area (Å²) in [4.78, 5) is 60.1. The largest absolute Gasteiger partial charge is 0.496 e. The normalized spacial score (nSPS) is 26.9. The number of aliphatic carboxylic acids is 1. The molecule has 3 aliphatic rings. The monoisotopic (exact) mass is 678 g/mol. The summed E-state index contributed by atoms with van der Waals surface area (Å²) in [6.45, 7) is 11.3. The van der Waals surface area contributed by atoms with E-state index < -0.39 is 53.2 Å². The van der Waals surface area contributed by atoms with Crippen molar-refractivity contribution in [1.29, 1.82) is 0 Å². The van der Waals surface area contributed by atoms with E-state index >= 15 is 0 Å². The number of methoxy groups -OCH3 is 1. The number of benzene rings is 1. The maximum absolute atomic E-state index is 14.4. The molecule has 49 heavy (non-hydrogen) atoms. The number of aromatic nitrogens is 1. The third-order valence-electron chi connectivity index (χ3n) is 9.58. The average molecular weight is 679 g/mol. The van der Waals surface area contributed by atoms with Crippen molar-refractivity contribution >= 4 is 34.8 Å². The second kappa shape index (κ2) is 14.2. The molecule has 2 aromatic rings. The third kappa shape index (κ3) is 7.94. The van der Waals surface area contributed by atoms with Gasteiger partial charge in [-0.1, -0.05) is 38.8 Å². The van der Waals surface area contributed by atoms with Gasteiger partial charge in [0.25, 0.3) is 0 Å². The highest BCUT2D eigenvalue weighted by Gasteiger charge is 2.61. The number of hydrogen-bond acceptors (Lipinski definition) is 8. The first kappa shape index (κ1) is 35.9. The molecule has 266 valence electrons. The highest BCUT2D eigenvalue weighted by molar-refractivity contribution is 5.96. The number of pyridine rings is 1. The Bertz CT molecular complexity index is 1630. The highest BCUT2D eigenvalue weighted by atomic mass is 16.6. The third-order valence-corrected chi connectivity index (χ3v) is 9.58. The number of hydrogen-bond donors (Lipinski definition) is 3. The fourth-order valence-electron chi connectivity index (χ4n) is 6.79. The number of nitrogens with zero attached hydrogens (tertiary/aromatic N) is 2. The molecule has 1 saturated heterocycles. The molecule has 0 radical (unpaired) electrons. The summed E-state index contributed by atoms with van der Waals surface area (Å²) in [5, 5.41) is 16.5. The van der Waals surface area contributed by atoms with Crippen LogP contribution in [-0.4, -0.2) is 81.8 Å². The Balaban J connectivity index is 1.50. The first-order chi connectivity index (χ1) is 23.1. The smallest absolute Gasteiger partial charge is 0.408 e. The molecule has 3 heterocycles. The lowest BCUT2D eigenvalue weighted by atomic mass is 10.0. The minimum absolute atomic E-state index is 0.0583. The van der Waals surface area contributed by atoms with E-state index in [0.29, 0.717) is 24.3 Å². The highest BCUT2D eigenvalue weighted by Crippen LogP contribution is 2.45. The Kier molecular flexibility index (Phi) is 10.5. The van der Waals surface area contributed by atoms with Crippen LogP contribution >= 0.6 is 0 Å². The van der Waals surface area contributed by atoms with Crippen molar-refractivity contribution in [1.82, 2.24) is 20.5 Å². The zero-order chi connectivity index (χ0) is 35.7. The van der Waals surface area contributed by atoms with Gasteiger partial charge >= 0.3 is 12.1 Å². The molecule has 0 bridgehead atoms. The van der Waals surface area contributed by atoms with Crippen molar-refractivity contribution in [2.24, 2.45) is 5.92 Å². The summed E-state index contributed by atoms with van der Waals surface area (Å²) in [5.41, 5.74) is 0.215. The van der Waals surface area contributed by atoms with Crippen molar-refractivity contribution in [3.05, 3.63) is 41.6 Å². The van der Waals surface area contributed by atoms with E-state index in [-0.39, 0.29) is 31.2 Å². The van der Waals surface area contributed by atoms with Crippen LogP contribution in [0.3, 0.4) is 0 Å². The summed E-state index contributed by atoms with van der Waals surface area (Å²) in [6, 6.07) is 3.67. The molecule has 12 heteroatoms. The number of nitrogens with one attached hydrogen (secondary N) is 2. The molecule has 5 atom stereocenters. The number of aryl methyl sites for hydroxylation is 1. The number of ether oxygens (including phenoxy) is 3. The van der Waals surface area contributed by atoms with Crippen LogP contribution in [0, 0.1) is 12.8 Å². The number of carboxylic acid groups (broad SMARTS) is 1. The molecule has 2 fully saturated rings. The second-order valence-corrected chi connectivity index (χ2v) is 14.8. The molecule has 12 nitrogen and oxygen atoms in total. The Morgan fingerprint density at radius 3 is 2.57 bits per heavy atom. The van der Waals surface area contributed by atoms with Crippen LogP contribution in [0.25, 0.3) is 10.9 Å². The van der Waals surface area contributed by atoms with Crippen LogP contribution < -0.4 is 20.1 Å². The van der Waals surface area contributed by atoms with Gasteiger partial charge in [-0.3, -0.25) is 14.6 Å². The topological polar surface area (TPSA) is 156 Å². The lowest BCUT2D eigenvalue weighted by Crippen LogP contribution is -2.56. The minimum Gasteiger partial charge on any atom is -0.496 e. The summed E-state index contributed by atoms with van der Waals surface area (Å²) < 4.78 is 17.7. The van der Waals surface area contributed by atoms with Gasteiger partial charge in [0.05, 0.1) is 19.2 Å². The molecule has 1 aliphatic carbocycles. The predicted octanol–water partition coefficient (Wildman–Crippen LogP) is 5.40. The lowest BCUT2D eigenvalue weighted by molar-refractivity contribution is -0.145. The van der Waals surface area contributed by atoms with E-state index in [2.05, 4.69) is 10.6 Å². The number of amides is 3. The molecule has 1 unspecified atom stereocenters. The molecule has 1 aromatic carbocycles. The molecule has 0 spiro atoms. The van der Waals surface area contributed by atoms with Crippen LogP contribution in [-0.2, 0) is 19.1 Å². The van der Waals surface area contributed by atoms with Crippen molar-refractivity contribution in [2.45, 2.75) is 122 Å². The zero-order valence-electron chi connectivity index (χ0n) is 29.6. The molecule has 1 saturated carbocycles. The molecule has 2 aliphatic heterocycles. The Labute approximate surface area is 287 Å². The van der Waals surface area contributed by atoms with Crippen molar-refractivity contribution in [2.75, 3.05) is 13.7 Å². The summed E-state index contributed by atoms with van der Waals surface area (Å²) in [7, 11) is 1.61. The van der Waals surface area contributed by atoms with E-state index in [4.69, 9.17) is 19.2 Å². The standard InChI is InChI=1S/C37H50N4O8/c1-21(2)27-18-30(25-15-16-29(47-7)22(3)31(25)38-27)48-24-17-28-32(42)40-37(34(44)45)19-23(37)13-11-9-8-10-12-14-26(33(43)41(28)20-24)39-35(46)49-36(4,5)6/h11,13,15-16,18,21,23-24,26,28H,8-10,12,14,17,19-20H2,1-7H3,(H,39,46)(H,40,42)(H,44,45)/b13-11-/t23?,24-,26+,28+,37-/m1/s1. The van der Waals surface area contributed by atoms with Gasteiger partial charge in [-0.2, -0.15) is 0 Å². The van der Waals surface area contributed by atoms with Gasteiger partial charge in [-0.15, -0.1) is 0 Å². The van der Waals surface area contributed by atoms with Gasteiger partial charge in [0, 0.05) is 35.0 Å². The lowest BCUT2D eigenvalue weighted by Gasteiger charge is -2.30. The molecular formula is C37H50N4O8. The fourth-order valence-corrected chi connectivity index (χ4v) is 6.79. The maximum Gasteiger partial charge on any atom is 0.408 e. The van der Waals surface area contributed by atoms with Gasteiger partial charge < -0.3 is 34.9 Å². The Morgan fingerprint density at radius 1 is 1.14 bits per heavy atom. The van der Waals surface area contributed by atoms with Crippen LogP contribution in [0.5, 0.6) is 11.5 Å². The van der Waals surface area contributed by atoms with Crippen molar-refractivity contribution in [3.8, 4) is 11.5 Å². The van der Waals surface area contributed by atoms with Crippen molar-refractivity contribution < 1.29 is 38.5 Å². The van der Waals surface area contributed by atoms with Crippen LogP contribution in [0.15, 0.2) is 30.4 Å². The number of alkyl carbamates (subject to hydrolysis) is 1. The van der Waals surface area contributed by atoms with E-state index in [0.717, 1.165) is 41.4 Å². The van der Waals surface area contributed by atoms with Gasteiger partial charge in [-0.05, 0) is 71.4 Å². The van der Waals surface area contributed by atoms with E-state index in [9.17, 15) is 24.3 Å². The Hall–Kier alpha value is -4.35. The van der Waals surface area contributed by atoms with Crippen LogP contribution in [0.2, 0.25) is 0 Å². The summed E-state index contributed by atoms with van der Waals surface area (Å²) in [6.07, 6.45) is 6.34. The number of carboxylic acids is 1. The minimum atomic E-state index is -1.43. The quantitative estimate of drug-likeness (QED) is 0.341. The van der Waals surface area contributed by atoms with Gasteiger partial charge in [0.2, 0.25) is 11.8 Å². The molecule has 3 N–H and O–H groups in total.